The number of pyridine rings is 1. The highest BCUT2D eigenvalue weighted by atomic mass is 15.3. The van der Waals surface area contributed by atoms with Crippen molar-refractivity contribution in [1.29, 1.82) is 0 Å². The van der Waals surface area contributed by atoms with E-state index in [9.17, 15) is 0 Å². The van der Waals surface area contributed by atoms with Crippen LogP contribution in [0.15, 0.2) is 55.1 Å². The summed E-state index contributed by atoms with van der Waals surface area (Å²) in [6, 6.07) is 10.2. The highest BCUT2D eigenvalue weighted by Crippen LogP contribution is 2.26. The predicted molar refractivity (Wildman–Crippen MR) is 90.0 cm³/mol. The summed E-state index contributed by atoms with van der Waals surface area (Å²) in [4.78, 5) is 9.01. The lowest BCUT2D eigenvalue weighted by atomic mass is 10.1. The predicted octanol–water partition coefficient (Wildman–Crippen LogP) is 3.19. The van der Waals surface area contributed by atoms with Crippen LogP contribution in [0.25, 0.3) is 22.3 Å². The van der Waals surface area contributed by atoms with Gasteiger partial charge in [-0.15, -0.1) is 0 Å². The molecule has 3 heterocycles. The monoisotopic (exact) mass is 303 g/mol. The van der Waals surface area contributed by atoms with Crippen molar-refractivity contribution in [3.63, 3.8) is 0 Å². The van der Waals surface area contributed by atoms with Gasteiger partial charge in [0, 0.05) is 48.3 Å². The largest absolute Gasteiger partial charge is 0.326 e. The molecule has 1 aromatic carbocycles. The van der Waals surface area contributed by atoms with E-state index in [1.54, 1.807) is 0 Å². The summed E-state index contributed by atoms with van der Waals surface area (Å²) >= 11 is 0. The Morgan fingerprint density at radius 3 is 2.74 bits per heavy atom. The molecular formula is C18H17N5. The summed E-state index contributed by atoms with van der Waals surface area (Å²) < 4.78 is 4.01. The maximum Gasteiger partial charge on any atom is 0.140 e. The van der Waals surface area contributed by atoms with Crippen LogP contribution in [0.2, 0.25) is 0 Å². The average Bonchev–Trinajstić information content (AvgIpc) is 3.13. The first-order chi connectivity index (χ1) is 11.2. The van der Waals surface area contributed by atoms with E-state index in [2.05, 4.69) is 31.9 Å². The van der Waals surface area contributed by atoms with Crippen molar-refractivity contribution < 1.29 is 0 Å². The second-order valence-electron chi connectivity index (χ2n) is 5.67. The Morgan fingerprint density at radius 2 is 1.91 bits per heavy atom. The molecule has 4 aromatic rings. The summed E-state index contributed by atoms with van der Waals surface area (Å²) in [5.74, 6) is 0.951. The van der Waals surface area contributed by atoms with Gasteiger partial charge in [-0.05, 0) is 19.1 Å². The first kappa shape index (κ1) is 13.7. The average molecular weight is 303 g/mol. The first-order valence-corrected chi connectivity index (χ1v) is 7.57. The summed E-state index contributed by atoms with van der Waals surface area (Å²) in [6.45, 7) is 2.79. The zero-order valence-electron chi connectivity index (χ0n) is 13.1. The molecule has 0 spiro atoms. The fourth-order valence-electron chi connectivity index (χ4n) is 2.96. The van der Waals surface area contributed by atoms with Crippen LogP contribution in [-0.2, 0) is 13.6 Å². The molecule has 5 heteroatoms. The molecule has 114 valence electrons. The van der Waals surface area contributed by atoms with E-state index in [-0.39, 0.29) is 0 Å². The van der Waals surface area contributed by atoms with Gasteiger partial charge in [0.25, 0.3) is 0 Å². The highest BCUT2D eigenvalue weighted by molar-refractivity contribution is 5.92. The third-order valence-electron chi connectivity index (χ3n) is 4.06. The maximum atomic E-state index is 4.58. The molecule has 0 unspecified atom stereocenters. The van der Waals surface area contributed by atoms with Gasteiger partial charge in [0.15, 0.2) is 0 Å². The van der Waals surface area contributed by atoms with Crippen molar-refractivity contribution >= 4 is 10.9 Å². The molecule has 3 aromatic heterocycles. The van der Waals surface area contributed by atoms with Gasteiger partial charge in [-0.1, -0.05) is 18.2 Å². The molecular weight excluding hydrogens is 286 g/mol. The fraction of sp³-hybridized carbons (Fsp3) is 0.167. The highest BCUT2D eigenvalue weighted by Gasteiger charge is 2.12. The Hall–Kier alpha value is -2.95. The number of hydrogen-bond acceptors (Lipinski definition) is 3. The van der Waals surface area contributed by atoms with E-state index in [0.29, 0.717) is 0 Å². The molecule has 23 heavy (non-hydrogen) atoms. The minimum absolute atomic E-state index is 0.756. The number of imidazole rings is 1. The Balaban J connectivity index is 1.81. The van der Waals surface area contributed by atoms with Crippen LogP contribution >= 0.6 is 0 Å². The molecule has 0 fully saturated rings. The van der Waals surface area contributed by atoms with Crippen molar-refractivity contribution in [3.8, 4) is 11.4 Å². The first-order valence-electron chi connectivity index (χ1n) is 7.57. The van der Waals surface area contributed by atoms with Crippen molar-refractivity contribution in [1.82, 2.24) is 24.3 Å². The van der Waals surface area contributed by atoms with Crippen LogP contribution in [0.1, 0.15) is 11.3 Å². The van der Waals surface area contributed by atoms with Crippen molar-refractivity contribution in [2.45, 2.75) is 13.5 Å². The number of hydrogen-bond donors (Lipinski definition) is 0. The van der Waals surface area contributed by atoms with Crippen LogP contribution in [0.4, 0.5) is 0 Å². The van der Waals surface area contributed by atoms with Crippen molar-refractivity contribution in [2.24, 2.45) is 7.05 Å². The van der Waals surface area contributed by atoms with Gasteiger partial charge in [0.2, 0.25) is 0 Å². The van der Waals surface area contributed by atoms with Gasteiger partial charge in [-0.25, -0.2) is 4.98 Å². The number of aryl methyl sites for hydroxylation is 2. The van der Waals surface area contributed by atoms with Gasteiger partial charge in [-0.3, -0.25) is 9.67 Å². The minimum atomic E-state index is 0.756. The number of nitrogens with zero attached hydrogens (tertiary/aromatic N) is 5. The standard InChI is InChI=1S/C18H17N5/c1-13-14(11-22(2)21-13)12-23-10-9-20-18(23)16-7-8-19-17-6-4-3-5-15(16)17/h3-11H,12H2,1-2H3. The van der Waals surface area contributed by atoms with Gasteiger partial charge >= 0.3 is 0 Å². The zero-order valence-corrected chi connectivity index (χ0v) is 13.1. The molecule has 5 nitrogen and oxygen atoms in total. The molecule has 0 aliphatic carbocycles. The van der Waals surface area contributed by atoms with Crippen LogP contribution in [0.3, 0.4) is 0 Å². The van der Waals surface area contributed by atoms with Crippen LogP contribution in [0.5, 0.6) is 0 Å². The number of benzene rings is 1. The normalized spacial score (nSPS) is 11.2. The molecule has 0 radical (unpaired) electrons. The summed E-state index contributed by atoms with van der Waals surface area (Å²) in [5, 5.41) is 5.53. The molecule has 0 amide bonds. The van der Waals surface area contributed by atoms with E-state index in [0.717, 1.165) is 34.5 Å². The molecule has 0 saturated heterocycles. The molecule has 0 bridgehead atoms. The number of para-hydroxylation sites is 1. The topological polar surface area (TPSA) is 48.5 Å². The molecule has 0 aliphatic rings. The molecule has 0 aliphatic heterocycles. The summed E-state index contributed by atoms with van der Waals surface area (Å²) in [6.07, 6.45) is 7.75. The molecule has 4 rings (SSSR count). The van der Waals surface area contributed by atoms with Crippen LogP contribution in [-0.4, -0.2) is 24.3 Å². The number of fused-ring (bicyclic) bond motifs is 1. The van der Waals surface area contributed by atoms with E-state index >= 15 is 0 Å². The van der Waals surface area contributed by atoms with Gasteiger partial charge in [0.1, 0.15) is 5.82 Å². The lowest BCUT2D eigenvalue weighted by Crippen LogP contribution is -2.02. The Morgan fingerprint density at radius 1 is 1.04 bits per heavy atom. The van der Waals surface area contributed by atoms with Crippen LogP contribution in [0, 0.1) is 6.92 Å². The molecule has 0 atom stereocenters. The van der Waals surface area contributed by atoms with Crippen LogP contribution < -0.4 is 0 Å². The lowest BCUT2D eigenvalue weighted by molar-refractivity contribution is 0.755. The summed E-state index contributed by atoms with van der Waals surface area (Å²) in [5.41, 5.74) is 4.33. The third-order valence-corrected chi connectivity index (χ3v) is 4.06. The van der Waals surface area contributed by atoms with Gasteiger partial charge in [-0.2, -0.15) is 5.10 Å². The Bertz CT molecular complexity index is 975. The summed E-state index contributed by atoms with van der Waals surface area (Å²) in [7, 11) is 1.95. The SMILES string of the molecule is Cc1nn(C)cc1Cn1ccnc1-c1ccnc2ccccc12. The van der Waals surface area contributed by atoms with Crippen molar-refractivity contribution in [3.05, 3.63) is 66.4 Å². The third kappa shape index (κ3) is 2.40. The minimum Gasteiger partial charge on any atom is -0.326 e. The fourth-order valence-corrected chi connectivity index (χ4v) is 2.96. The second-order valence-corrected chi connectivity index (χ2v) is 5.67. The Kier molecular flexibility index (Phi) is 3.19. The number of aromatic nitrogens is 5. The number of rotatable bonds is 3. The van der Waals surface area contributed by atoms with E-state index < -0.39 is 0 Å². The second kappa shape index (κ2) is 5.35. The van der Waals surface area contributed by atoms with E-state index in [4.69, 9.17) is 0 Å². The zero-order chi connectivity index (χ0) is 15.8. The lowest BCUT2D eigenvalue weighted by Gasteiger charge is -2.09. The maximum absolute atomic E-state index is 4.58. The Labute approximate surface area is 134 Å². The smallest absolute Gasteiger partial charge is 0.140 e. The van der Waals surface area contributed by atoms with E-state index in [1.807, 2.05) is 61.5 Å². The quantitative estimate of drug-likeness (QED) is 0.584. The molecule has 0 N–H and O–H groups in total. The van der Waals surface area contributed by atoms with Gasteiger partial charge in [0.05, 0.1) is 17.8 Å². The van der Waals surface area contributed by atoms with Gasteiger partial charge < -0.3 is 4.57 Å². The molecule has 0 saturated carbocycles. The van der Waals surface area contributed by atoms with E-state index in [1.165, 1.54) is 5.56 Å². The van der Waals surface area contributed by atoms with Crippen molar-refractivity contribution in [2.75, 3.05) is 0 Å².